The second-order valence-electron chi connectivity index (χ2n) is 12.4. The normalized spacial score (nSPS) is 22.3. The van der Waals surface area contributed by atoms with Gasteiger partial charge in [-0.1, -0.05) is 87.4 Å². The zero-order chi connectivity index (χ0) is 24.3. The SMILES string of the molecule is Cc1ccccc1-n1c(C)c2[n+](c1C1CCCCC1)C(C1CCCC1)(C1CCCC1)c1ccccc1-2. The smallest absolute Gasteiger partial charge is 0.216 e. The minimum atomic E-state index is 0.143. The van der Waals surface area contributed by atoms with E-state index in [0.717, 1.165) is 11.8 Å². The number of hydrogen-bond acceptors (Lipinski definition) is 0. The minimum Gasteiger partial charge on any atom is -0.216 e. The molecule has 2 aromatic carbocycles. The summed E-state index contributed by atoms with van der Waals surface area (Å²) in [6, 6.07) is 18.8. The fourth-order valence-electron chi connectivity index (χ4n) is 9.22. The molecule has 3 saturated carbocycles. The summed E-state index contributed by atoms with van der Waals surface area (Å²) < 4.78 is 5.79. The van der Waals surface area contributed by atoms with E-state index in [1.807, 2.05) is 0 Å². The van der Waals surface area contributed by atoms with Crippen LogP contribution >= 0.6 is 0 Å². The van der Waals surface area contributed by atoms with Crippen molar-refractivity contribution in [3.63, 3.8) is 0 Å². The highest BCUT2D eigenvalue weighted by molar-refractivity contribution is 5.69. The molecule has 0 unspecified atom stereocenters. The van der Waals surface area contributed by atoms with Crippen molar-refractivity contribution in [3.8, 4) is 16.9 Å². The third kappa shape index (κ3) is 3.12. The monoisotopic (exact) mass is 479 g/mol. The summed E-state index contributed by atoms with van der Waals surface area (Å²) in [6.07, 6.45) is 18.1. The standard InChI is InChI=1S/C34H43N2/c1-24-14-6-13-23-31(24)35-25(2)32-29-21-11-12-22-30(29)34(27-17-7-8-18-27,28-19-9-10-20-28)36(32)33(35)26-15-4-3-5-16-26/h6,11-14,21-23,26-28H,3-5,7-10,15-20H2,1-2H3/q+1. The average Bonchev–Trinajstić information content (AvgIpc) is 3.71. The van der Waals surface area contributed by atoms with E-state index in [9.17, 15) is 0 Å². The number of para-hydroxylation sites is 1. The molecule has 3 fully saturated rings. The first-order valence-electron chi connectivity index (χ1n) is 15.1. The van der Waals surface area contributed by atoms with Gasteiger partial charge in [0.15, 0.2) is 11.4 Å². The summed E-state index contributed by atoms with van der Waals surface area (Å²) in [4.78, 5) is 0. The fourth-order valence-corrected chi connectivity index (χ4v) is 9.22. The van der Waals surface area contributed by atoms with Gasteiger partial charge in [0, 0.05) is 29.9 Å². The second kappa shape index (κ2) is 8.89. The van der Waals surface area contributed by atoms with Crippen LogP contribution in [0.2, 0.25) is 0 Å². The van der Waals surface area contributed by atoms with Crippen LogP contribution in [0, 0.1) is 25.7 Å². The first-order valence-corrected chi connectivity index (χ1v) is 15.1. The lowest BCUT2D eigenvalue weighted by Crippen LogP contribution is -2.64. The summed E-state index contributed by atoms with van der Waals surface area (Å²) >= 11 is 0. The molecule has 0 amide bonds. The molecule has 1 aromatic heterocycles. The Balaban J connectivity index is 1.60. The summed E-state index contributed by atoms with van der Waals surface area (Å²) in [5.74, 6) is 3.83. The maximum atomic E-state index is 3.04. The van der Waals surface area contributed by atoms with E-state index in [0.29, 0.717) is 5.92 Å². The molecule has 1 aliphatic heterocycles. The van der Waals surface area contributed by atoms with Crippen molar-refractivity contribution in [1.29, 1.82) is 0 Å². The summed E-state index contributed by atoms with van der Waals surface area (Å²) in [5, 5.41) is 0. The van der Waals surface area contributed by atoms with E-state index in [1.165, 1.54) is 106 Å². The van der Waals surface area contributed by atoms with Crippen molar-refractivity contribution >= 4 is 0 Å². The molecule has 0 bridgehead atoms. The van der Waals surface area contributed by atoms with Crippen molar-refractivity contribution in [3.05, 3.63) is 71.2 Å². The summed E-state index contributed by atoms with van der Waals surface area (Å²) in [7, 11) is 0. The highest BCUT2D eigenvalue weighted by Gasteiger charge is 2.61. The van der Waals surface area contributed by atoms with Crippen LogP contribution in [0.4, 0.5) is 0 Å². The van der Waals surface area contributed by atoms with Crippen molar-refractivity contribution in [2.24, 2.45) is 11.8 Å². The Morgan fingerprint density at radius 3 is 1.94 bits per heavy atom. The van der Waals surface area contributed by atoms with Gasteiger partial charge in [-0.2, -0.15) is 4.57 Å². The van der Waals surface area contributed by atoms with E-state index in [2.05, 4.69) is 71.5 Å². The van der Waals surface area contributed by atoms with Gasteiger partial charge in [-0.15, -0.1) is 0 Å². The molecular weight excluding hydrogens is 436 g/mol. The number of hydrogen-bond donors (Lipinski definition) is 0. The van der Waals surface area contributed by atoms with Crippen LogP contribution in [0.5, 0.6) is 0 Å². The quantitative estimate of drug-likeness (QED) is 0.332. The van der Waals surface area contributed by atoms with Crippen LogP contribution in [-0.4, -0.2) is 4.57 Å². The number of nitrogens with zero attached hydrogens (tertiary/aromatic N) is 2. The Hall–Kier alpha value is -2.35. The number of aryl methyl sites for hydroxylation is 1. The third-order valence-corrected chi connectivity index (χ3v) is 10.6. The lowest BCUT2D eigenvalue weighted by atomic mass is 9.67. The molecule has 0 atom stereocenters. The molecule has 2 nitrogen and oxygen atoms in total. The van der Waals surface area contributed by atoms with E-state index < -0.39 is 0 Å². The zero-order valence-corrected chi connectivity index (χ0v) is 22.4. The molecule has 3 aliphatic carbocycles. The van der Waals surface area contributed by atoms with Crippen LogP contribution in [0.15, 0.2) is 48.5 Å². The first kappa shape index (κ1) is 22.8. The van der Waals surface area contributed by atoms with E-state index in [-0.39, 0.29) is 5.54 Å². The number of fused-ring (bicyclic) bond motifs is 3. The summed E-state index contributed by atoms with van der Waals surface area (Å²) in [6.45, 7) is 4.74. The van der Waals surface area contributed by atoms with Crippen molar-refractivity contribution < 1.29 is 4.57 Å². The van der Waals surface area contributed by atoms with E-state index >= 15 is 0 Å². The van der Waals surface area contributed by atoms with Crippen molar-refractivity contribution in [1.82, 2.24) is 4.57 Å². The van der Waals surface area contributed by atoms with Gasteiger partial charge in [0.1, 0.15) is 11.2 Å². The molecule has 36 heavy (non-hydrogen) atoms. The third-order valence-electron chi connectivity index (χ3n) is 10.6. The number of aromatic nitrogens is 2. The van der Waals surface area contributed by atoms with Gasteiger partial charge in [-0.05, 0) is 57.1 Å². The van der Waals surface area contributed by atoms with E-state index in [1.54, 1.807) is 17.1 Å². The number of rotatable bonds is 4. The van der Waals surface area contributed by atoms with Gasteiger partial charge < -0.3 is 0 Å². The van der Waals surface area contributed by atoms with Crippen LogP contribution in [0.25, 0.3) is 16.9 Å². The second-order valence-corrected chi connectivity index (χ2v) is 12.4. The Bertz CT molecular complexity index is 1250. The maximum Gasteiger partial charge on any atom is 0.266 e. The fraction of sp³-hybridized carbons (Fsp3) is 0.559. The molecule has 7 rings (SSSR count). The van der Waals surface area contributed by atoms with Crippen LogP contribution in [-0.2, 0) is 5.54 Å². The van der Waals surface area contributed by atoms with Crippen LogP contribution in [0.3, 0.4) is 0 Å². The Morgan fingerprint density at radius 1 is 0.694 bits per heavy atom. The van der Waals surface area contributed by atoms with E-state index in [4.69, 9.17) is 0 Å². The molecule has 2 heteroatoms. The van der Waals surface area contributed by atoms with Gasteiger partial charge in [0.25, 0.3) is 5.82 Å². The largest absolute Gasteiger partial charge is 0.266 e. The van der Waals surface area contributed by atoms with Gasteiger partial charge in [-0.25, -0.2) is 4.57 Å². The lowest BCUT2D eigenvalue weighted by molar-refractivity contribution is -0.762. The predicted octanol–water partition coefficient (Wildman–Crippen LogP) is 8.53. The Labute approximate surface area is 217 Å². The van der Waals surface area contributed by atoms with Crippen LogP contribution in [0.1, 0.15) is 112 Å². The Morgan fingerprint density at radius 2 is 1.28 bits per heavy atom. The number of benzene rings is 2. The molecule has 3 aromatic rings. The topological polar surface area (TPSA) is 8.81 Å². The molecule has 188 valence electrons. The molecule has 0 N–H and O–H groups in total. The molecule has 0 radical (unpaired) electrons. The predicted molar refractivity (Wildman–Crippen MR) is 148 cm³/mol. The van der Waals surface area contributed by atoms with Gasteiger partial charge >= 0.3 is 0 Å². The average molecular weight is 480 g/mol. The van der Waals surface area contributed by atoms with Crippen molar-refractivity contribution in [2.75, 3.05) is 0 Å². The van der Waals surface area contributed by atoms with Gasteiger partial charge in [0.05, 0.1) is 5.92 Å². The molecule has 4 aliphatic rings. The molecule has 2 heterocycles. The van der Waals surface area contributed by atoms with Gasteiger partial charge in [0.2, 0.25) is 0 Å². The van der Waals surface area contributed by atoms with Crippen molar-refractivity contribution in [2.45, 2.75) is 109 Å². The highest BCUT2D eigenvalue weighted by Crippen LogP contribution is 2.57. The lowest BCUT2D eigenvalue weighted by Gasteiger charge is -2.41. The number of imidazole rings is 1. The molecule has 0 saturated heterocycles. The minimum absolute atomic E-state index is 0.143. The Kier molecular flexibility index (Phi) is 5.64. The zero-order valence-electron chi connectivity index (χ0n) is 22.4. The first-order chi connectivity index (χ1) is 17.7. The molecule has 0 spiro atoms. The maximum absolute atomic E-state index is 3.04. The summed E-state index contributed by atoms with van der Waals surface area (Å²) in [5.41, 5.74) is 9.18. The van der Waals surface area contributed by atoms with Crippen LogP contribution < -0.4 is 4.57 Å². The molecular formula is C34H43N2+. The highest BCUT2D eigenvalue weighted by atomic mass is 15.3. The van der Waals surface area contributed by atoms with Gasteiger partial charge in [-0.3, -0.25) is 0 Å².